The van der Waals surface area contributed by atoms with Crippen LogP contribution in [-0.2, 0) is 11.2 Å². The van der Waals surface area contributed by atoms with E-state index >= 15 is 0 Å². The average Bonchev–Trinajstić information content (AvgIpc) is 2.29. The number of hydrogen-bond acceptors (Lipinski definition) is 2. The zero-order valence-electron chi connectivity index (χ0n) is 9.86. The van der Waals surface area contributed by atoms with Crippen molar-refractivity contribution in [2.45, 2.75) is 38.1 Å². The summed E-state index contributed by atoms with van der Waals surface area (Å²) in [4.78, 5) is 12.1. The molecular weight excluding hydrogens is 234 g/mol. The molecule has 2 nitrogen and oxygen atoms in total. The summed E-state index contributed by atoms with van der Waals surface area (Å²) in [5.74, 6) is 0.458. The quantitative estimate of drug-likeness (QED) is 0.898. The lowest BCUT2D eigenvalue weighted by atomic mass is 9.82. The van der Waals surface area contributed by atoms with Gasteiger partial charge in [-0.2, -0.15) is 0 Å². The second-order valence-electron chi connectivity index (χ2n) is 4.90. The number of Topliss-reactive ketones (excluding diaryl/α,β-unsaturated/α-hetero) is 1. The molecule has 0 bridgehead atoms. The minimum atomic E-state index is 0.151. The number of halogens is 1. The number of carbonyl (C=O) groups is 1. The Balaban J connectivity index is 1.96. The lowest BCUT2D eigenvalue weighted by Gasteiger charge is -2.25. The highest BCUT2D eigenvalue weighted by molar-refractivity contribution is 6.30. The normalized spacial score (nSPS) is 24.6. The predicted octanol–water partition coefficient (Wildman–Crippen LogP) is 2.97. The molecular formula is C14H18ClNO. The average molecular weight is 252 g/mol. The summed E-state index contributed by atoms with van der Waals surface area (Å²) in [6.45, 7) is 0. The summed E-state index contributed by atoms with van der Waals surface area (Å²) in [5, 5.41) is 0.690. The first kappa shape index (κ1) is 12.6. The van der Waals surface area contributed by atoms with Crippen LogP contribution in [0.3, 0.4) is 0 Å². The van der Waals surface area contributed by atoms with Gasteiger partial charge in [-0.05, 0) is 37.0 Å². The first-order valence-corrected chi connectivity index (χ1v) is 6.55. The van der Waals surface area contributed by atoms with Gasteiger partial charge in [0, 0.05) is 23.4 Å². The summed E-state index contributed by atoms with van der Waals surface area (Å²) in [5.41, 5.74) is 6.91. The third-order valence-electron chi connectivity index (χ3n) is 3.44. The molecule has 92 valence electrons. The Morgan fingerprint density at radius 2 is 2.24 bits per heavy atom. The maximum absolute atomic E-state index is 12.1. The predicted molar refractivity (Wildman–Crippen MR) is 70.1 cm³/mol. The van der Waals surface area contributed by atoms with Gasteiger partial charge in [-0.1, -0.05) is 30.2 Å². The third kappa shape index (κ3) is 3.55. The largest absolute Gasteiger partial charge is 0.328 e. The van der Waals surface area contributed by atoms with Gasteiger partial charge in [-0.3, -0.25) is 4.79 Å². The molecule has 2 N–H and O–H groups in total. The molecule has 1 aromatic carbocycles. The van der Waals surface area contributed by atoms with E-state index in [0.717, 1.165) is 31.2 Å². The highest BCUT2D eigenvalue weighted by Gasteiger charge is 2.24. The Morgan fingerprint density at radius 1 is 1.41 bits per heavy atom. The van der Waals surface area contributed by atoms with E-state index in [1.54, 1.807) is 0 Å². The Labute approximate surface area is 107 Å². The number of nitrogens with two attached hydrogens (primary N) is 1. The van der Waals surface area contributed by atoms with Gasteiger partial charge >= 0.3 is 0 Å². The van der Waals surface area contributed by atoms with Crippen molar-refractivity contribution < 1.29 is 4.79 Å². The van der Waals surface area contributed by atoms with Crippen LogP contribution in [0.1, 0.15) is 31.2 Å². The Morgan fingerprint density at radius 3 is 2.94 bits per heavy atom. The fourth-order valence-corrected chi connectivity index (χ4v) is 2.73. The molecule has 0 aliphatic heterocycles. The van der Waals surface area contributed by atoms with Crippen LogP contribution in [0.5, 0.6) is 0 Å². The lowest BCUT2D eigenvalue weighted by Crippen LogP contribution is -2.32. The molecule has 0 radical (unpaired) electrons. The maximum Gasteiger partial charge on any atom is 0.140 e. The smallest absolute Gasteiger partial charge is 0.140 e. The molecule has 2 atom stereocenters. The summed E-state index contributed by atoms with van der Waals surface area (Å²) in [7, 11) is 0. The number of rotatable bonds is 3. The monoisotopic (exact) mass is 251 g/mol. The van der Waals surface area contributed by atoms with E-state index in [0.29, 0.717) is 17.2 Å². The van der Waals surface area contributed by atoms with Crippen LogP contribution < -0.4 is 5.73 Å². The number of carbonyl (C=O) groups excluding carboxylic acids is 1. The van der Waals surface area contributed by atoms with Crippen LogP contribution >= 0.6 is 11.6 Å². The number of benzene rings is 1. The summed E-state index contributed by atoms with van der Waals surface area (Å²) < 4.78 is 0. The van der Waals surface area contributed by atoms with E-state index in [9.17, 15) is 4.79 Å². The second-order valence-corrected chi connectivity index (χ2v) is 5.33. The fourth-order valence-electron chi connectivity index (χ4n) is 2.51. The van der Waals surface area contributed by atoms with Gasteiger partial charge in [0.2, 0.25) is 0 Å². The SMILES string of the molecule is NC1CCCC(C(=O)Cc2cccc(Cl)c2)C1. The van der Waals surface area contributed by atoms with Crippen molar-refractivity contribution in [1.82, 2.24) is 0 Å². The van der Waals surface area contributed by atoms with Crippen molar-refractivity contribution in [2.24, 2.45) is 11.7 Å². The highest BCUT2D eigenvalue weighted by atomic mass is 35.5. The molecule has 1 aromatic rings. The fraction of sp³-hybridized carbons (Fsp3) is 0.500. The van der Waals surface area contributed by atoms with E-state index in [4.69, 9.17) is 17.3 Å². The minimum Gasteiger partial charge on any atom is -0.328 e. The van der Waals surface area contributed by atoms with Gasteiger partial charge in [0.1, 0.15) is 5.78 Å². The summed E-state index contributed by atoms with van der Waals surface area (Å²) >= 11 is 5.91. The van der Waals surface area contributed by atoms with Gasteiger partial charge in [0.05, 0.1) is 0 Å². The second kappa shape index (κ2) is 5.65. The molecule has 17 heavy (non-hydrogen) atoms. The van der Waals surface area contributed by atoms with Gasteiger partial charge < -0.3 is 5.73 Å². The van der Waals surface area contributed by atoms with Crippen molar-refractivity contribution in [3.8, 4) is 0 Å². The van der Waals surface area contributed by atoms with Crippen molar-refractivity contribution in [2.75, 3.05) is 0 Å². The van der Waals surface area contributed by atoms with E-state index < -0.39 is 0 Å². The molecule has 2 rings (SSSR count). The standard InChI is InChI=1S/C14H18ClNO/c15-12-5-1-3-10(7-12)8-14(17)11-4-2-6-13(16)9-11/h1,3,5,7,11,13H,2,4,6,8-9,16H2. The molecule has 0 amide bonds. The molecule has 3 heteroatoms. The lowest BCUT2D eigenvalue weighted by molar-refractivity contribution is -0.123. The van der Waals surface area contributed by atoms with Crippen LogP contribution in [0.2, 0.25) is 5.02 Å². The van der Waals surface area contributed by atoms with Crippen LogP contribution in [0, 0.1) is 5.92 Å². The molecule has 1 fully saturated rings. The topological polar surface area (TPSA) is 43.1 Å². The van der Waals surface area contributed by atoms with Gasteiger partial charge in [0.15, 0.2) is 0 Å². The Bertz CT molecular complexity index is 405. The van der Waals surface area contributed by atoms with Crippen molar-refractivity contribution in [3.63, 3.8) is 0 Å². The highest BCUT2D eigenvalue weighted by Crippen LogP contribution is 2.25. The number of hydrogen-bond donors (Lipinski definition) is 1. The molecule has 2 unspecified atom stereocenters. The molecule has 0 saturated heterocycles. The minimum absolute atomic E-state index is 0.151. The van der Waals surface area contributed by atoms with E-state index in [2.05, 4.69) is 0 Å². The van der Waals surface area contributed by atoms with Crippen molar-refractivity contribution >= 4 is 17.4 Å². The zero-order chi connectivity index (χ0) is 12.3. The molecule has 0 aromatic heterocycles. The zero-order valence-corrected chi connectivity index (χ0v) is 10.6. The van der Waals surface area contributed by atoms with Crippen LogP contribution in [0.25, 0.3) is 0 Å². The van der Waals surface area contributed by atoms with Crippen molar-refractivity contribution in [3.05, 3.63) is 34.9 Å². The number of ketones is 1. The van der Waals surface area contributed by atoms with Gasteiger partial charge in [0.25, 0.3) is 0 Å². The van der Waals surface area contributed by atoms with Gasteiger partial charge in [-0.15, -0.1) is 0 Å². The molecule has 0 heterocycles. The molecule has 1 aliphatic carbocycles. The summed E-state index contributed by atoms with van der Waals surface area (Å²) in [6.07, 6.45) is 4.46. The maximum atomic E-state index is 12.1. The van der Waals surface area contributed by atoms with Crippen LogP contribution in [0.4, 0.5) is 0 Å². The first-order valence-electron chi connectivity index (χ1n) is 6.18. The molecule has 0 spiro atoms. The third-order valence-corrected chi connectivity index (χ3v) is 3.67. The van der Waals surface area contributed by atoms with E-state index in [1.165, 1.54) is 0 Å². The van der Waals surface area contributed by atoms with Crippen LogP contribution in [0.15, 0.2) is 24.3 Å². The summed E-state index contributed by atoms with van der Waals surface area (Å²) in [6, 6.07) is 7.73. The van der Waals surface area contributed by atoms with E-state index in [-0.39, 0.29) is 12.0 Å². The first-order chi connectivity index (χ1) is 8.15. The molecule has 1 aliphatic rings. The van der Waals surface area contributed by atoms with Crippen molar-refractivity contribution in [1.29, 1.82) is 0 Å². The molecule has 1 saturated carbocycles. The van der Waals surface area contributed by atoms with Crippen LogP contribution in [-0.4, -0.2) is 11.8 Å². The Kier molecular flexibility index (Phi) is 4.19. The van der Waals surface area contributed by atoms with Gasteiger partial charge in [-0.25, -0.2) is 0 Å². The Hall–Kier alpha value is -0.860. The van der Waals surface area contributed by atoms with E-state index in [1.807, 2.05) is 24.3 Å².